The lowest BCUT2D eigenvalue weighted by molar-refractivity contribution is -0.114. The third-order valence-electron chi connectivity index (χ3n) is 5.37. The number of carbonyl (C=O) groups excluding carboxylic acids is 1. The van der Waals surface area contributed by atoms with Crippen LogP contribution in [0.2, 0.25) is 0 Å². The van der Waals surface area contributed by atoms with Gasteiger partial charge in [0.25, 0.3) is 0 Å². The van der Waals surface area contributed by atoms with Crippen LogP contribution < -0.4 is 20.7 Å². The first kappa shape index (κ1) is 23.6. The number of ether oxygens (including phenoxy) is 2. The molecule has 32 heavy (non-hydrogen) atoms. The number of nitrogens with one attached hydrogen (secondary N) is 3. The molecule has 0 aromatic heterocycles. The Hall–Kier alpha value is -3.06. The number of aryl methyl sites for hydroxylation is 1. The number of guanidine groups is 1. The van der Waals surface area contributed by atoms with E-state index >= 15 is 0 Å². The fourth-order valence-electron chi connectivity index (χ4n) is 3.55. The van der Waals surface area contributed by atoms with Gasteiger partial charge in [0.05, 0.1) is 13.2 Å². The van der Waals surface area contributed by atoms with Gasteiger partial charge in [-0.25, -0.2) is 0 Å². The summed E-state index contributed by atoms with van der Waals surface area (Å²) in [6, 6.07) is 14.2. The fourth-order valence-corrected chi connectivity index (χ4v) is 3.55. The molecule has 2 aromatic carbocycles. The van der Waals surface area contributed by atoms with E-state index in [0.717, 1.165) is 55.6 Å². The van der Waals surface area contributed by atoms with Crippen LogP contribution in [-0.4, -0.2) is 45.3 Å². The van der Waals surface area contributed by atoms with Crippen LogP contribution in [0, 0.1) is 12.8 Å². The van der Waals surface area contributed by atoms with E-state index in [9.17, 15) is 4.79 Å². The molecule has 1 atom stereocenters. The average Bonchev–Trinajstić information content (AvgIpc) is 3.30. The number of amides is 1. The van der Waals surface area contributed by atoms with Crippen LogP contribution in [0.1, 0.15) is 30.0 Å². The number of benzene rings is 2. The van der Waals surface area contributed by atoms with Crippen LogP contribution in [-0.2, 0) is 22.5 Å². The van der Waals surface area contributed by atoms with Crippen molar-refractivity contribution in [2.24, 2.45) is 10.9 Å². The van der Waals surface area contributed by atoms with Crippen molar-refractivity contribution >= 4 is 17.6 Å². The predicted octanol–water partition coefficient (Wildman–Crippen LogP) is 3.28. The summed E-state index contributed by atoms with van der Waals surface area (Å²) in [5.41, 5.74) is 4.28. The summed E-state index contributed by atoms with van der Waals surface area (Å²) in [6.07, 6.45) is 1.91. The van der Waals surface area contributed by atoms with Crippen molar-refractivity contribution in [2.45, 2.75) is 33.2 Å². The molecule has 7 nitrogen and oxygen atoms in total. The van der Waals surface area contributed by atoms with Crippen LogP contribution in [0.3, 0.4) is 0 Å². The monoisotopic (exact) mass is 438 g/mol. The molecule has 0 bridgehead atoms. The fraction of sp³-hybridized carbons (Fsp3) is 0.440. The highest BCUT2D eigenvalue weighted by atomic mass is 16.5. The number of anilines is 1. The van der Waals surface area contributed by atoms with Crippen molar-refractivity contribution in [2.75, 3.05) is 38.7 Å². The molecular weight excluding hydrogens is 404 g/mol. The molecule has 1 saturated heterocycles. The number of hydrogen-bond donors (Lipinski definition) is 3. The highest BCUT2D eigenvalue weighted by Gasteiger charge is 2.17. The number of carbonyl (C=O) groups is 1. The molecule has 1 unspecified atom stereocenters. The van der Waals surface area contributed by atoms with Crippen molar-refractivity contribution in [1.82, 2.24) is 10.6 Å². The largest absolute Gasteiger partial charge is 0.493 e. The molecule has 0 aliphatic carbocycles. The molecule has 0 saturated carbocycles. The summed E-state index contributed by atoms with van der Waals surface area (Å²) in [6.45, 7) is 7.26. The van der Waals surface area contributed by atoms with E-state index in [4.69, 9.17) is 9.47 Å². The molecule has 1 heterocycles. The van der Waals surface area contributed by atoms with Crippen molar-refractivity contribution in [3.8, 4) is 5.75 Å². The third kappa shape index (κ3) is 7.57. The van der Waals surface area contributed by atoms with Gasteiger partial charge in [-0.2, -0.15) is 0 Å². The molecule has 1 aliphatic heterocycles. The van der Waals surface area contributed by atoms with E-state index in [-0.39, 0.29) is 5.91 Å². The van der Waals surface area contributed by atoms with Crippen LogP contribution in [0.4, 0.5) is 5.69 Å². The van der Waals surface area contributed by atoms with E-state index in [2.05, 4.69) is 46.1 Å². The van der Waals surface area contributed by atoms with Gasteiger partial charge >= 0.3 is 0 Å². The molecule has 1 amide bonds. The first-order chi connectivity index (χ1) is 15.5. The number of hydrogen-bond acceptors (Lipinski definition) is 4. The second-order valence-corrected chi connectivity index (χ2v) is 8.13. The molecule has 2 aromatic rings. The second-order valence-electron chi connectivity index (χ2n) is 8.13. The van der Waals surface area contributed by atoms with E-state index in [1.54, 1.807) is 7.05 Å². The van der Waals surface area contributed by atoms with Gasteiger partial charge in [-0.1, -0.05) is 24.3 Å². The Kier molecular flexibility index (Phi) is 8.92. The van der Waals surface area contributed by atoms with Crippen LogP contribution in [0.25, 0.3) is 0 Å². The Labute approximate surface area is 190 Å². The van der Waals surface area contributed by atoms with E-state index in [1.807, 2.05) is 24.3 Å². The van der Waals surface area contributed by atoms with Crippen LogP contribution in [0.5, 0.6) is 5.75 Å². The summed E-state index contributed by atoms with van der Waals surface area (Å²) in [5.74, 6) is 2.07. The van der Waals surface area contributed by atoms with Gasteiger partial charge in [-0.3, -0.25) is 9.79 Å². The van der Waals surface area contributed by atoms with E-state index in [0.29, 0.717) is 19.1 Å². The standard InChI is InChI=1S/C25H34N4O3/c1-18-4-7-22(24(14-18)32-17-21-11-13-31-16-21)15-28-25(26-3)27-12-10-20-5-8-23(9-6-20)29-19(2)30/h4-9,14,21H,10-13,15-17H2,1-3H3,(H,29,30)(H2,26,27,28). The maximum absolute atomic E-state index is 11.1. The molecule has 1 aliphatic rings. The van der Waals surface area contributed by atoms with Crippen LogP contribution >= 0.6 is 0 Å². The molecule has 7 heteroatoms. The summed E-state index contributed by atoms with van der Waals surface area (Å²) in [4.78, 5) is 15.4. The minimum atomic E-state index is -0.0658. The number of nitrogens with zero attached hydrogens (tertiary/aromatic N) is 1. The molecule has 172 valence electrons. The summed E-state index contributed by atoms with van der Waals surface area (Å²) < 4.78 is 11.6. The average molecular weight is 439 g/mol. The van der Waals surface area contributed by atoms with Crippen molar-refractivity contribution in [3.63, 3.8) is 0 Å². The SMILES string of the molecule is CN=C(NCCc1ccc(NC(C)=O)cc1)NCc1ccc(C)cc1OCC1CCOC1. The summed E-state index contributed by atoms with van der Waals surface area (Å²) in [7, 11) is 1.77. The Morgan fingerprint density at radius 3 is 2.69 bits per heavy atom. The molecule has 0 radical (unpaired) electrons. The second kappa shape index (κ2) is 12.1. The zero-order chi connectivity index (χ0) is 22.8. The quantitative estimate of drug-likeness (QED) is 0.413. The van der Waals surface area contributed by atoms with E-state index < -0.39 is 0 Å². The van der Waals surface area contributed by atoms with Crippen molar-refractivity contribution in [1.29, 1.82) is 0 Å². The van der Waals surface area contributed by atoms with Crippen molar-refractivity contribution < 1.29 is 14.3 Å². The van der Waals surface area contributed by atoms with E-state index in [1.165, 1.54) is 18.1 Å². The van der Waals surface area contributed by atoms with Gasteiger partial charge in [-0.05, 0) is 49.1 Å². The molecule has 3 N–H and O–H groups in total. The molecule has 1 fully saturated rings. The first-order valence-corrected chi connectivity index (χ1v) is 11.1. The molecule has 0 spiro atoms. The highest BCUT2D eigenvalue weighted by molar-refractivity contribution is 5.88. The Balaban J connectivity index is 1.47. The summed E-state index contributed by atoms with van der Waals surface area (Å²) >= 11 is 0. The van der Waals surface area contributed by atoms with Gasteiger partial charge in [0.15, 0.2) is 5.96 Å². The smallest absolute Gasteiger partial charge is 0.221 e. The minimum absolute atomic E-state index is 0.0658. The maximum atomic E-state index is 11.1. The lowest BCUT2D eigenvalue weighted by Crippen LogP contribution is -2.38. The zero-order valence-electron chi connectivity index (χ0n) is 19.2. The topological polar surface area (TPSA) is 84.0 Å². The molecule has 3 rings (SSSR count). The van der Waals surface area contributed by atoms with Crippen molar-refractivity contribution in [3.05, 3.63) is 59.2 Å². The van der Waals surface area contributed by atoms with Gasteiger partial charge in [0.1, 0.15) is 5.75 Å². The molecular formula is C25H34N4O3. The van der Waals surface area contributed by atoms with Gasteiger partial charge in [0.2, 0.25) is 5.91 Å². The minimum Gasteiger partial charge on any atom is -0.493 e. The predicted molar refractivity (Wildman–Crippen MR) is 128 cm³/mol. The third-order valence-corrected chi connectivity index (χ3v) is 5.37. The first-order valence-electron chi connectivity index (χ1n) is 11.1. The normalized spacial score (nSPS) is 16.0. The van der Waals surface area contributed by atoms with Gasteiger partial charge in [0, 0.05) is 50.8 Å². The zero-order valence-corrected chi connectivity index (χ0v) is 19.2. The van der Waals surface area contributed by atoms with Gasteiger partial charge < -0.3 is 25.4 Å². The lowest BCUT2D eigenvalue weighted by atomic mass is 10.1. The maximum Gasteiger partial charge on any atom is 0.221 e. The van der Waals surface area contributed by atoms with Gasteiger partial charge in [-0.15, -0.1) is 0 Å². The summed E-state index contributed by atoms with van der Waals surface area (Å²) in [5, 5.41) is 9.51. The van der Waals surface area contributed by atoms with Crippen LogP contribution in [0.15, 0.2) is 47.5 Å². The highest BCUT2D eigenvalue weighted by Crippen LogP contribution is 2.22. The number of aliphatic imine (C=N–C) groups is 1. The lowest BCUT2D eigenvalue weighted by Gasteiger charge is -2.17. The Bertz CT molecular complexity index is 906. The Morgan fingerprint density at radius 2 is 2.00 bits per heavy atom. The number of rotatable bonds is 9. The Morgan fingerprint density at radius 1 is 1.19 bits per heavy atom.